The summed E-state index contributed by atoms with van der Waals surface area (Å²) in [6, 6.07) is 12.1. The third-order valence-corrected chi connectivity index (χ3v) is 7.85. The van der Waals surface area contributed by atoms with Gasteiger partial charge in [-0.2, -0.15) is 4.31 Å². The maximum Gasteiger partial charge on any atom is 0.274 e. The lowest BCUT2D eigenvalue weighted by Crippen LogP contribution is -2.41. The molecule has 28 heavy (non-hydrogen) atoms. The summed E-state index contributed by atoms with van der Waals surface area (Å²) in [5.74, 6) is 0.627. The first-order chi connectivity index (χ1) is 13.5. The Labute approximate surface area is 172 Å². The molecule has 0 spiro atoms. The second-order valence-corrected chi connectivity index (χ2v) is 9.80. The van der Waals surface area contributed by atoms with Gasteiger partial charge < -0.3 is 9.47 Å². The van der Waals surface area contributed by atoms with Crippen LogP contribution in [0.1, 0.15) is 12.8 Å². The number of aromatic nitrogens is 1. The number of methoxy groups -OCH3 is 1. The summed E-state index contributed by atoms with van der Waals surface area (Å²) in [6.07, 6.45) is 1.15. The molecule has 1 fully saturated rings. The van der Waals surface area contributed by atoms with Crippen LogP contribution in [0, 0.1) is 0 Å². The van der Waals surface area contributed by atoms with E-state index in [-0.39, 0.29) is 11.0 Å². The molecule has 2 aromatic carbocycles. The van der Waals surface area contributed by atoms with Crippen LogP contribution < -0.4 is 9.47 Å². The Morgan fingerprint density at radius 2 is 1.86 bits per heavy atom. The fourth-order valence-electron chi connectivity index (χ4n) is 3.17. The second kappa shape index (κ2) is 7.87. The Balaban J connectivity index is 1.41. The van der Waals surface area contributed by atoms with Crippen molar-refractivity contribution in [3.8, 4) is 10.9 Å². The highest BCUT2D eigenvalue weighted by Crippen LogP contribution is 2.33. The molecular weight excluding hydrogens is 420 g/mol. The number of para-hydroxylation sites is 1. The van der Waals surface area contributed by atoms with Gasteiger partial charge in [0.05, 0.1) is 21.7 Å². The van der Waals surface area contributed by atoms with Crippen molar-refractivity contribution < 1.29 is 17.9 Å². The molecule has 0 aliphatic carbocycles. The number of hydrogen-bond donors (Lipinski definition) is 0. The molecule has 3 aromatic rings. The van der Waals surface area contributed by atoms with Crippen LogP contribution >= 0.6 is 22.9 Å². The highest BCUT2D eigenvalue weighted by atomic mass is 35.5. The van der Waals surface area contributed by atoms with Gasteiger partial charge in [-0.15, -0.1) is 0 Å². The summed E-state index contributed by atoms with van der Waals surface area (Å²) in [5, 5.41) is 1.17. The van der Waals surface area contributed by atoms with Gasteiger partial charge in [-0.3, -0.25) is 0 Å². The van der Waals surface area contributed by atoms with Crippen LogP contribution in [0.25, 0.3) is 10.2 Å². The monoisotopic (exact) mass is 438 g/mol. The zero-order chi connectivity index (χ0) is 19.7. The summed E-state index contributed by atoms with van der Waals surface area (Å²) in [5.41, 5.74) is 0.740. The minimum Gasteiger partial charge on any atom is -0.497 e. The Bertz CT molecular complexity index is 1080. The molecule has 0 radical (unpaired) electrons. The van der Waals surface area contributed by atoms with Crippen LogP contribution in [-0.2, 0) is 10.0 Å². The van der Waals surface area contributed by atoms with Crippen LogP contribution in [-0.4, -0.2) is 44.0 Å². The van der Waals surface area contributed by atoms with Crippen molar-refractivity contribution >= 4 is 43.2 Å². The molecule has 0 bridgehead atoms. The average molecular weight is 439 g/mol. The van der Waals surface area contributed by atoms with Gasteiger partial charge in [-0.25, -0.2) is 13.4 Å². The van der Waals surface area contributed by atoms with Crippen LogP contribution in [0.5, 0.6) is 10.9 Å². The van der Waals surface area contributed by atoms with E-state index >= 15 is 0 Å². The number of halogens is 1. The fraction of sp³-hybridized carbons (Fsp3) is 0.316. The number of ether oxygens (including phenoxy) is 2. The highest BCUT2D eigenvalue weighted by Gasteiger charge is 2.30. The van der Waals surface area contributed by atoms with Crippen molar-refractivity contribution in [3.63, 3.8) is 0 Å². The number of fused-ring (bicyclic) bond motifs is 1. The number of benzene rings is 2. The Morgan fingerprint density at radius 1 is 1.14 bits per heavy atom. The standard InChI is InChI=1S/C19H19ClN2O4S2/c1-25-13-5-7-15(8-6-13)28(23,24)22-11-9-14(10-12-22)26-19-21-18-16(20)3-2-4-17(18)27-19/h2-8,14H,9-12H2,1H3. The smallest absolute Gasteiger partial charge is 0.274 e. The Hall–Kier alpha value is -1.87. The van der Waals surface area contributed by atoms with E-state index in [1.807, 2.05) is 12.1 Å². The van der Waals surface area contributed by atoms with E-state index in [1.54, 1.807) is 37.4 Å². The summed E-state index contributed by atoms with van der Waals surface area (Å²) in [6.45, 7) is 0.815. The van der Waals surface area contributed by atoms with Crippen molar-refractivity contribution in [1.82, 2.24) is 9.29 Å². The Morgan fingerprint density at radius 3 is 2.50 bits per heavy atom. The minimum absolute atomic E-state index is 0.0679. The highest BCUT2D eigenvalue weighted by molar-refractivity contribution is 7.89. The van der Waals surface area contributed by atoms with E-state index in [0.717, 1.165) is 10.2 Å². The maximum atomic E-state index is 12.8. The number of thiazole rings is 1. The van der Waals surface area contributed by atoms with Gasteiger partial charge in [0.25, 0.3) is 5.19 Å². The third-order valence-electron chi connectivity index (χ3n) is 4.72. The predicted molar refractivity (Wildman–Crippen MR) is 110 cm³/mol. The molecule has 0 unspecified atom stereocenters. The molecule has 1 saturated heterocycles. The van der Waals surface area contributed by atoms with E-state index in [1.165, 1.54) is 15.6 Å². The summed E-state index contributed by atoms with van der Waals surface area (Å²) in [4.78, 5) is 4.73. The third kappa shape index (κ3) is 3.82. The van der Waals surface area contributed by atoms with Gasteiger partial charge in [0.1, 0.15) is 17.4 Å². The quantitative estimate of drug-likeness (QED) is 0.597. The average Bonchev–Trinajstić information content (AvgIpc) is 3.12. The molecule has 6 nitrogen and oxygen atoms in total. The lowest BCUT2D eigenvalue weighted by molar-refractivity contribution is 0.135. The van der Waals surface area contributed by atoms with Crippen molar-refractivity contribution in [1.29, 1.82) is 0 Å². The van der Waals surface area contributed by atoms with Crippen LogP contribution in [0.2, 0.25) is 5.02 Å². The molecule has 1 aromatic heterocycles. The van der Waals surface area contributed by atoms with Crippen molar-refractivity contribution in [2.75, 3.05) is 20.2 Å². The van der Waals surface area contributed by atoms with Crippen LogP contribution in [0.4, 0.5) is 0 Å². The van der Waals surface area contributed by atoms with Crippen LogP contribution in [0.3, 0.4) is 0 Å². The summed E-state index contributed by atoms with van der Waals surface area (Å²) in [7, 11) is -1.97. The molecule has 1 aliphatic rings. The molecular formula is C19H19ClN2O4S2. The predicted octanol–water partition coefficient (Wildman–Crippen LogP) is 4.19. The number of sulfonamides is 1. The lowest BCUT2D eigenvalue weighted by atomic mass is 10.1. The van der Waals surface area contributed by atoms with E-state index < -0.39 is 10.0 Å². The van der Waals surface area contributed by atoms with Crippen LogP contribution in [0.15, 0.2) is 47.4 Å². The first-order valence-electron chi connectivity index (χ1n) is 8.83. The molecule has 0 N–H and O–H groups in total. The first-order valence-corrected chi connectivity index (χ1v) is 11.5. The number of nitrogens with zero attached hydrogens (tertiary/aromatic N) is 2. The molecule has 1 aliphatic heterocycles. The molecule has 148 valence electrons. The summed E-state index contributed by atoms with van der Waals surface area (Å²) >= 11 is 7.62. The molecule has 9 heteroatoms. The normalized spacial score (nSPS) is 16.4. The molecule has 0 amide bonds. The van der Waals surface area contributed by atoms with Crippen molar-refractivity contribution in [2.24, 2.45) is 0 Å². The van der Waals surface area contributed by atoms with E-state index in [4.69, 9.17) is 21.1 Å². The van der Waals surface area contributed by atoms with E-state index in [9.17, 15) is 8.42 Å². The first kappa shape index (κ1) is 19.4. The lowest BCUT2D eigenvalue weighted by Gasteiger charge is -2.30. The fourth-order valence-corrected chi connectivity index (χ4v) is 5.83. The maximum absolute atomic E-state index is 12.8. The zero-order valence-electron chi connectivity index (χ0n) is 15.2. The molecule has 0 saturated carbocycles. The molecule has 0 atom stereocenters. The van der Waals surface area contributed by atoms with Gasteiger partial charge in [0, 0.05) is 13.1 Å². The SMILES string of the molecule is COc1ccc(S(=O)(=O)N2CCC(Oc3nc4c(Cl)cccc4s3)CC2)cc1. The van der Waals surface area contributed by atoms with Gasteiger partial charge in [0.15, 0.2) is 0 Å². The van der Waals surface area contributed by atoms with E-state index in [0.29, 0.717) is 41.9 Å². The van der Waals surface area contributed by atoms with Gasteiger partial charge in [-0.05, 0) is 49.2 Å². The molecule has 2 heterocycles. The van der Waals surface area contributed by atoms with Gasteiger partial charge >= 0.3 is 0 Å². The number of piperidine rings is 1. The second-order valence-electron chi connectivity index (χ2n) is 6.46. The van der Waals surface area contributed by atoms with Crippen molar-refractivity contribution in [3.05, 3.63) is 47.5 Å². The Kier molecular flexibility index (Phi) is 5.46. The topological polar surface area (TPSA) is 68.7 Å². The minimum atomic E-state index is -3.52. The number of hydrogen-bond acceptors (Lipinski definition) is 6. The molecule has 4 rings (SSSR count). The largest absolute Gasteiger partial charge is 0.497 e. The van der Waals surface area contributed by atoms with Crippen molar-refractivity contribution in [2.45, 2.75) is 23.8 Å². The zero-order valence-corrected chi connectivity index (χ0v) is 17.6. The van der Waals surface area contributed by atoms with Gasteiger partial charge in [0.2, 0.25) is 10.0 Å². The number of rotatable bonds is 5. The summed E-state index contributed by atoms with van der Waals surface area (Å²) < 4.78 is 39.2. The van der Waals surface area contributed by atoms with E-state index in [2.05, 4.69) is 4.98 Å². The van der Waals surface area contributed by atoms with Gasteiger partial charge in [-0.1, -0.05) is 29.0 Å².